The summed E-state index contributed by atoms with van der Waals surface area (Å²) in [6.45, 7) is 2.89. The molecule has 7 heteroatoms. The first-order valence-electron chi connectivity index (χ1n) is 12.4. The highest BCUT2D eigenvalue weighted by Gasteiger charge is 2.26. The number of carbonyl (C=O) groups excluding carboxylic acids is 2. The first-order valence-corrected chi connectivity index (χ1v) is 14.0. The predicted molar refractivity (Wildman–Crippen MR) is 150 cm³/mol. The molecule has 2 amide bonds. The molecule has 0 radical (unpaired) electrons. The van der Waals surface area contributed by atoms with Crippen LogP contribution in [0, 0.1) is 0 Å². The fourth-order valence-corrected chi connectivity index (χ4v) is 5.45. The number of nitrogens with one attached hydrogen (secondary N) is 2. The first-order chi connectivity index (χ1) is 17.5. The van der Waals surface area contributed by atoms with Crippen molar-refractivity contribution >= 4 is 43.7 Å². The Balaban J connectivity index is 1.31. The average molecular weight is 614 g/mol. The van der Waals surface area contributed by atoms with Crippen LogP contribution in [0.3, 0.4) is 0 Å². The van der Waals surface area contributed by atoms with E-state index in [1.165, 1.54) is 32.1 Å². The molecule has 0 unspecified atom stereocenters. The molecule has 3 aromatic rings. The lowest BCUT2D eigenvalue weighted by atomic mass is 10.0. The largest absolute Gasteiger partial charge is 0.494 e. The third kappa shape index (κ3) is 6.37. The van der Waals surface area contributed by atoms with Gasteiger partial charge in [0.25, 0.3) is 11.8 Å². The monoisotopic (exact) mass is 612 g/mol. The Bertz CT molecular complexity index is 1240. The number of carbonyl (C=O) groups is 2. The third-order valence-corrected chi connectivity index (χ3v) is 7.54. The minimum absolute atomic E-state index is 0.363. The van der Waals surface area contributed by atoms with Gasteiger partial charge in [-0.25, -0.2) is 0 Å². The van der Waals surface area contributed by atoms with Gasteiger partial charge >= 0.3 is 0 Å². The minimum Gasteiger partial charge on any atom is -0.494 e. The molecule has 1 aliphatic carbocycles. The van der Waals surface area contributed by atoms with Crippen molar-refractivity contribution in [2.24, 2.45) is 0 Å². The fourth-order valence-electron chi connectivity index (χ4n) is 4.49. The Morgan fingerprint density at radius 3 is 2.31 bits per heavy atom. The van der Waals surface area contributed by atoms with Gasteiger partial charge < -0.3 is 4.74 Å². The smallest absolute Gasteiger partial charge is 0.271 e. The lowest BCUT2D eigenvalue weighted by molar-refractivity contribution is 0.0846. The van der Waals surface area contributed by atoms with Crippen LogP contribution >= 0.6 is 31.9 Å². The van der Waals surface area contributed by atoms with Crippen LogP contribution in [0.15, 0.2) is 63.5 Å². The maximum absolute atomic E-state index is 13.1. The van der Waals surface area contributed by atoms with E-state index in [1.807, 2.05) is 18.2 Å². The highest BCUT2D eigenvalue weighted by molar-refractivity contribution is 9.10. The summed E-state index contributed by atoms with van der Waals surface area (Å²) in [7, 11) is 0. The lowest BCUT2D eigenvalue weighted by Gasteiger charge is -2.13. The van der Waals surface area contributed by atoms with Crippen LogP contribution in [0.5, 0.6) is 5.75 Å². The van der Waals surface area contributed by atoms with Gasteiger partial charge in [-0.1, -0.05) is 67.1 Å². The summed E-state index contributed by atoms with van der Waals surface area (Å²) in [5.74, 6) is -0.0151. The van der Waals surface area contributed by atoms with Crippen LogP contribution in [0.25, 0.3) is 11.1 Å². The van der Waals surface area contributed by atoms with Crippen LogP contribution in [0.2, 0.25) is 0 Å². The molecular formula is C29H30Br2N2O3. The number of amides is 2. The Hall–Kier alpha value is -2.64. The van der Waals surface area contributed by atoms with Crippen molar-refractivity contribution in [3.8, 4) is 16.9 Å². The van der Waals surface area contributed by atoms with Gasteiger partial charge in [-0.2, -0.15) is 0 Å². The number of hydrazine groups is 1. The zero-order chi connectivity index (χ0) is 25.5. The SMILES string of the molecule is CCCCCCCCOc1ccc(C(=O)NNC(=O)c2c(Br)ccc3c2Cc2cc(Br)ccc2-3)cc1. The zero-order valence-electron chi connectivity index (χ0n) is 20.3. The van der Waals surface area contributed by atoms with Gasteiger partial charge in [0.1, 0.15) is 5.75 Å². The Morgan fingerprint density at radius 2 is 1.53 bits per heavy atom. The minimum atomic E-state index is -0.387. The molecule has 0 aromatic heterocycles. The molecule has 0 heterocycles. The van der Waals surface area contributed by atoms with Gasteiger partial charge in [0.05, 0.1) is 12.2 Å². The second-order valence-corrected chi connectivity index (χ2v) is 10.7. The number of fused-ring (bicyclic) bond motifs is 3. The van der Waals surface area contributed by atoms with E-state index in [0.29, 0.717) is 28.6 Å². The molecule has 188 valence electrons. The topological polar surface area (TPSA) is 67.4 Å². The maximum atomic E-state index is 13.1. The Kier molecular flexibility index (Phi) is 9.21. The molecule has 0 saturated carbocycles. The molecule has 0 aliphatic heterocycles. The molecule has 0 spiro atoms. The van der Waals surface area contributed by atoms with Crippen LogP contribution in [-0.2, 0) is 6.42 Å². The van der Waals surface area contributed by atoms with Crippen LogP contribution in [-0.4, -0.2) is 18.4 Å². The highest BCUT2D eigenvalue weighted by atomic mass is 79.9. The second kappa shape index (κ2) is 12.5. The van der Waals surface area contributed by atoms with Crippen molar-refractivity contribution in [3.05, 3.63) is 85.8 Å². The van der Waals surface area contributed by atoms with Gasteiger partial charge in [-0.05, 0) is 93.5 Å². The summed E-state index contributed by atoms with van der Waals surface area (Å²) >= 11 is 7.04. The standard InChI is InChI=1S/C29H30Br2N2O3/c1-2-3-4-5-6-7-16-36-22-11-8-19(9-12-22)28(34)32-33-29(35)27-25-18-20-17-21(30)10-13-23(20)24(25)14-15-26(27)31/h8-15,17H,2-7,16,18H2,1H3,(H,32,34)(H,33,35). The van der Waals surface area contributed by atoms with E-state index < -0.39 is 0 Å². The van der Waals surface area contributed by atoms with Gasteiger partial charge in [-0.3, -0.25) is 20.4 Å². The number of hydrogen-bond donors (Lipinski definition) is 2. The van der Waals surface area contributed by atoms with E-state index in [0.717, 1.165) is 38.9 Å². The summed E-state index contributed by atoms with van der Waals surface area (Å²) in [5, 5.41) is 0. The van der Waals surface area contributed by atoms with E-state index in [9.17, 15) is 9.59 Å². The van der Waals surface area contributed by atoms with E-state index in [2.05, 4.69) is 61.8 Å². The number of unbranched alkanes of at least 4 members (excludes halogenated alkanes) is 5. The van der Waals surface area contributed by atoms with Gasteiger partial charge in [0.2, 0.25) is 0 Å². The van der Waals surface area contributed by atoms with E-state index in [1.54, 1.807) is 24.3 Å². The molecule has 0 saturated heterocycles. The van der Waals surface area contributed by atoms with Crippen molar-refractivity contribution in [2.45, 2.75) is 51.9 Å². The molecule has 1 aliphatic rings. The summed E-state index contributed by atoms with van der Waals surface area (Å²) in [6.07, 6.45) is 7.92. The zero-order valence-corrected chi connectivity index (χ0v) is 23.5. The van der Waals surface area contributed by atoms with Gasteiger partial charge in [0, 0.05) is 14.5 Å². The fraction of sp³-hybridized carbons (Fsp3) is 0.310. The van der Waals surface area contributed by atoms with Crippen molar-refractivity contribution in [3.63, 3.8) is 0 Å². The average Bonchev–Trinajstić information content (AvgIpc) is 3.24. The number of rotatable bonds is 10. The maximum Gasteiger partial charge on any atom is 0.271 e. The summed E-state index contributed by atoms with van der Waals surface area (Å²) in [6, 6.07) is 17.0. The predicted octanol–water partition coefficient (Wildman–Crippen LogP) is 7.60. The van der Waals surface area contributed by atoms with Crippen molar-refractivity contribution < 1.29 is 14.3 Å². The number of benzene rings is 3. The van der Waals surface area contributed by atoms with Gasteiger partial charge in [0.15, 0.2) is 0 Å². The molecule has 36 heavy (non-hydrogen) atoms. The summed E-state index contributed by atoms with van der Waals surface area (Å²) in [4.78, 5) is 25.7. The van der Waals surface area contributed by atoms with Crippen LogP contribution in [0.1, 0.15) is 77.3 Å². The Morgan fingerprint density at radius 1 is 0.833 bits per heavy atom. The van der Waals surface area contributed by atoms with Crippen molar-refractivity contribution in [1.29, 1.82) is 0 Å². The summed E-state index contributed by atoms with van der Waals surface area (Å²) < 4.78 is 7.48. The van der Waals surface area contributed by atoms with Crippen molar-refractivity contribution in [1.82, 2.24) is 10.9 Å². The van der Waals surface area contributed by atoms with E-state index in [4.69, 9.17) is 4.74 Å². The number of hydrogen-bond acceptors (Lipinski definition) is 3. The van der Waals surface area contributed by atoms with Crippen LogP contribution < -0.4 is 15.6 Å². The molecule has 0 bridgehead atoms. The lowest BCUT2D eigenvalue weighted by Crippen LogP contribution is -2.42. The third-order valence-electron chi connectivity index (χ3n) is 6.39. The first kappa shape index (κ1) is 26.4. The Labute approximate surface area is 229 Å². The quantitative estimate of drug-likeness (QED) is 0.143. The summed E-state index contributed by atoms with van der Waals surface area (Å²) in [5.41, 5.74) is 10.3. The number of halogens is 2. The number of ether oxygens (including phenoxy) is 1. The molecule has 0 fully saturated rings. The van der Waals surface area contributed by atoms with Crippen molar-refractivity contribution in [2.75, 3.05) is 6.61 Å². The van der Waals surface area contributed by atoms with Crippen LogP contribution in [0.4, 0.5) is 0 Å². The van der Waals surface area contributed by atoms with Gasteiger partial charge in [-0.15, -0.1) is 0 Å². The second-order valence-electron chi connectivity index (χ2n) is 8.98. The molecule has 4 rings (SSSR count). The van der Waals surface area contributed by atoms with E-state index in [-0.39, 0.29) is 11.8 Å². The molecule has 3 aromatic carbocycles. The van der Waals surface area contributed by atoms with E-state index >= 15 is 0 Å². The normalized spacial score (nSPS) is 11.5. The highest BCUT2D eigenvalue weighted by Crippen LogP contribution is 2.41. The molecular weight excluding hydrogens is 584 g/mol. The molecule has 5 nitrogen and oxygen atoms in total. The molecule has 2 N–H and O–H groups in total. The molecule has 0 atom stereocenters.